The van der Waals surface area contributed by atoms with Gasteiger partial charge >= 0.3 is 5.69 Å². The number of rotatable bonds is 7. The first-order chi connectivity index (χ1) is 13.3. The van der Waals surface area contributed by atoms with Crippen LogP contribution in [0.1, 0.15) is 13.8 Å². The average Bonchev–Trinajstić information content (AvgIpc) is 2.98. The van der Waals surface area contributed by atoms with E-state index < -0.39 is 16.4 Å². The lowest BCUT2D eigenvalue weighted by molar-refractivity contribution is -0.387. The van der Waals surface area contributed by atoms with Crippen molar-refractivity contribution in [2.45, 2.75) is 25.5 Å². The lowest BCUT2D eigenvalue weighted by atomic mass is 10.2. The van der Waals surface area contributed by atoms with Gasteiger partial charge in [0.1, 0.15) is 0 Å². The maximum Gasteiger partial charge on any atom is 0.306 e. The van der Waals surface area contributed by atoms with E-state index in [0.29, 0.717) is 5.92 Å². The summed E-state index contributed by atoms with van der Waals surface area (Å²) in [5.41, 5.74) is 1.37. The first kappa shape index (κ1) is 19.8. The van der Waals surface area contributed by atoms with Crippen LogP contribution >= 0.6 is 11.8 Å². The molecule has 0 unspecified atom stereocenters. The maximum atomic E-state index is 13.4. The van der Waals surface area contributed by atoms with Gasteiger partial charge in [-0.2, -0.15) is 4.39 Å². The van der Waals surface area contributed by atoms with Gasteiger partial charge in [0, 0.05) is 18.3 Å². The van der Waals surface area contributed by atoms with Crippen molar-refractivity contribution in [2.24, 2.45) is 5.92 Å². The van der Waals surface area contributed by atoms with E-state index in [4.69, 9.17) is 0 Å². The van der Waals surface area contributed by atoms with E-state index in [0.717, 1.165) is 34.9 Å². The van der Waals surface area contributed by atoms with E-state index in [2.05, 4.69) is 28.7 Å². The molecule has 146 valence electrons. The molecule has 1 N–H and O–H groups in total. The number of benzene rings is 2. The minimum Gasteiger partial charge on any atom is -0.325 e. The maximum absolute atomic E-state index is 13.4. The number of para-hydroxylation sites is 2. The lowest BCUT2D eigenvalue weighted by Gasteiger charge is -2.11. The number of nitrogens with zero attached hydrogens (tertiary/aromatic N) is 3. The number of fused-ring (bicyclic) bond motifs is 1. The minimum atomic E-state index is -0.945. The van der Waals surface area contributed by atoms with Crippen LogP contribution < -0.4 is 5.32 Å². The molecule has 1 amide bonds. The molecule has 2 aromatic carbocycles. The molecule has 0 aliphatic carbocycles. The van der Waals surface area contributed by atoms with Crippen LogP contribution in [0.5, 0.6) is 0 Å². The Morgan fingerprint density at radius 1 is 1.32 bits per heavy atom. The van der Waals surface area contributed by atoms with Crippen LogP contribution in [0.2, 0.25) is 0 Å². The van der Waals surface area contributed by atoms with Crippen molar-refractivity contribution in [1.82, 2.24) is 9.55 Å². The number of carbonyl (C=O) groups is 1. The smallest absolute Gasteiger partial charge is 0.306 e. The Morgan fingerprint density at radius 2 is 2.07 bits per heavy atom. The molecule has 7 nitrogen and oxygen atoms in total. The SMILES string of the molecule is CC(C)Cn1c(SCC(=O)Nc2ccc(F)c([N+](=O)[O-])c2)nc2ccccc21. The summed E-state index contributed by atoms with van der Waals surface area (Å²) >= 11 is 1.29. The third-order valence-electron chi connectivity index (χ3n) is 3.93. The fourth-order valence-corrected chi connectivity index (χ4v) is 3.59. The molecule has 0 radical (unpaired) electrons. The standard InChI is InChI=1S/C19H19FN4O3S/c1-12(2)10-23-16-6-4-3-5-15(16)22-19(23)28-11-18(25)21-13-7-8-14(20)17(9-13)24(26)27/h3-9,12H,10-11H2,1-2H3,(H,21,25). The van der Waals surface area contributed by atoms with Crippen molar-refractivity contribution in [1.29, 1.82) is 0 Å². The Hall–Kier alpha value is -2.94. The average molecular weight is 402 g/mol. The molecule has 0 atom stereocenters. The molecule has 0 fully saturated rings. The number of hydrogen-bond donors (Lipinski definition) is 1. The van der Waals surface area contributed by atoms with Gasteiger partial charge in [0.15, 0.2) is 5.16 Å². The molecule has 9 heteroatoms. The summed E-state index contributed by atoms with van der Waals surface area (Å²) in [7, 11) is 0. The van der Waals surface area contributed by atoms with Crippen LogP contribution in [0.15, 0.2) is 47.6 Å². The van der Waals surface area contributed by atoms with E-state index in [1.807, 2.05) is 24.3 Å². The molecule has 1 heterocycles. The van der Waals surface area contributed by atoms with Crippen LogP contribution in [0, 0.1) is 21.8 Å². The number of hydrogen-bond acceptors (Lipinski definition) is 5. The normalized spacial score (nSPS) is 11.1. The number of carbonyl (C=O) groups excluding carboxylic acids is 1. The summed E-state index contributed by atoms with van der Waals surface area (Å²) in [6.45, 7) is 4.99. The second-order valence-corrected chi connectivity index (χ2v) is 7.59. The van der Waals surface area contributed by atoms with Gasteiger partial charge in [-0.05, 0) is 30.2 Å². The Kier molecular flexibility index (Phi) is 5.93. The second-order valence-electron chi connectivity index (χ2n) is 6.65. The van der Waals surface area contributed by atoms with Crippen LogP contribution in [-0.2, 0) is 11.3 Å². The second kappa shape index (κ2) is 8.39. The van der Waals surface area contributed by atoms with Gasteiger partial charge in [-0.15, -0.1) is 0 Å². The highest BCUT2D eigenvalue weighted by molar-refractivity contribution is 7.99. The predicted molar refractivity (Wildman–Crippen MR) is 107 cm³/mol. The van der Waals surface area contributed by atoms with Crippen LogP contribution in [-0.4, -0.2) is 26.1 Å². The van der Waals surface area contributed by atoms with Crippen molar-refractivity contribution in [3.05, 3.63) is 58.4 Å². The Labute approximate surface area is 165 Å². The lowest BCUT2D eigenvalue weighted by Crippen LogP contribution is -2.15. The van der Waals surface area contributed by atoms with Crippen LogP contribution in [0.25, 0.3) is 11.0 Å². The summed E-state index contributed by atoms with van der Waals surface area (Å²) in [5, 5.41) is 14.1. The number of anilines is 1. The Bertz CT molecular complexity index is 1040. The number of amides is 1. The first-order valence-corrected chi connectivity index (χ1v) is 9.65. The van der Waals surface area contributed by atoms with Gasteiger partial charge < -0.3 is 9.88 Å². The molecule has 0 spiro atoms. The third kappa shape index (κ3) is 4.48. The van der Waals surface area contributed by atoms with Crippen molar-refractivity contribution in [3.8, 4) is 0 Å². The van der Waals surface area contributed by atoms with Gasteiger partial charge in [0.05, 0.1) is 21.7 Å². The largest absolute Gasteiger partial charge is 0.325 e. The molecular weight excluding hydrogens is 383 g/mol. The highest BCUT2D eigenvalue weighted by atomic mass is 32.2. The number of aromatic nitrogens is 2. The Morgan fingerprint density at radius 3 is 2.79 bits per heavy atom. The van der Waals surface area contributed by atoms with E-state index in [-0.39, 0.29) is 17.3 Å². The third-order valence-corrected chi connectivity index (χ3v) is 4.90. The summed E-state index contributed by atoms with van der Waals surface area (Å²) in [6.07, 6.45) is 0. The molecule has 0 aliphatic heterocycles. The van der Waals surface area contributed by atoms with E-state index in [1.54, 1.807) is 0 Å². The number of halogens is 1. The van der Waals surface area contributed by atoms with Gasteiger partial charge in [-0.1, -0.05) is 37.7 Å². The first-order valence-electron chi connectivity index (χ1n) is 8.67. The van der Waals surface area contributed by atoms with E-state index >= 15 is 0 Å². The number of imidazole rings is 1. The molecule has 3 rings (SSSR count). The fraction of sp³-hybridized carbons (Fsp3) is 0.263. The van der Waals surface area contributed by atoms with Crippen molar-refractivity contribution < 1.29 is 14.1 Å². The molecule has 0 bridgehead atoms. The van der Waals surface area contributed by atoms with Gasteiger partial charge in [0.2, 0.25) is 11.7 Å². The minimum absolute atomic E-state index is 0.0760. The topological polar surface area (TPSA) is 90.1 Å². The highest BCUT2D eigenvalue weighted by Gasteiger charge is 2.17. The Balaban J connectivity index is 1.73. The van der Waals surface area contributed by atoms with Crippen molar-refractivity contribution in [3.63, 3.8) is 0 Å². The highest BCUT2D eigenvalue weighted by Crippen LogP contribution is 2.26. The number of thioether (sulfide) groups is 1. The summed E-state index contributed by atoms with van der Waals surface area (Å²) in [5.74, 6) is -0.813. The summed E-state index contributed by atoms with van der Waals surface area (Å²) in [6, 6.07) is 11.0. The van der Waals surface area contributed by atoms with E-state index in [1.165, 1.54) is 17.8 Å². The zero-order valence-electron chi connectivity index (χ0n) is 15.4. The summed E-state index contributed by atoms with van der Waals surface area (Å²) in [4.78, 5) is 26.9. The predicted octanol–water partition coefficient (Wildman–Crippen LogP) is 4.47. The van der Waals surface area contributed by atoms with Crippen LogP contribution in [0.3, 0.4) is 0 Å². The van der Waals surface area contributed by atoms with Crippen molar-refractivity contribution in [2.75, 3.05) is 11.1 Å². The van der Waals surface area contributed by atoms with Gasteiger partial charge in [-0.3, -0.25) is 14.9 Å². The molecule has 0 aliphatic rings. The fourth-order valence-electron chi connectivity index (χ4n) is 2.76. The molecule has 0 saturated carbocycles. The number of nitro benzene ring substituents is 1. The number of nitrogens with one attached hydrogen (secondary N) is 1. The van der Waals surface area contributed by atoms with Crippen LogP contribution in [0.4, 0.5) is 15.8 Å². The monoisotopic (exact) mass is 402 g/mol. The quantitative estimate of drug-likeness (QED) is 0.358. The van der Waals surface area contributed by atoms with Gasteiger partial charge in [-0.25, -0.2) is 4.98 Å². The molecule has 3 aromatic rings. The molecule has 28 heavy (non-hydrogen) atoms. The van der Waals surface area contributed by atoms with E-state index in [9.17, 15) is 19.3 Å². The van der Waals surface area contributed by atoms with Gasteiger partial charge in [0.25, 0.3) is 0 Å². The molecular formula is C19H19FN4O3S. The molecule has 1 aromatic heterocycles. The zero-order valence-corrected chi connectivity index (χ0v) is 16.2. The number of nitro groups is 1. The molecule has 0 saturated heterocycles. The zero-order chi connectivity index (χ0) is 20.3. The summed E-state index contributed by atoms with van der Waals surface area (Å²) < 4.78 is 15.5. The van der Waals surface area contributed by atoms with Crippen molar-refractivity contribution >= 4 is 40.1 Å².